The van der Waals surface area contributed by atoms with Crippen molar-refractivity contribution in [1.82, 2.24) is 4.98 Å². The van der Waals surface area contributed by atoms with Crippen molar-refractivity contribution in [1.29, 1.82) is 0 Å². The van der Waals surface area contributed by atoms with E-state index in [4.69, 9.17) is 5.73 Å². The Morgan fingerprint density at radius 2 is 2.00 bits per heavy atom. The van der Waals surface area contributed by atoms with E-state index in [1.807, 2.05) is 5.38 Å². The maximum Gasteiger partial charge on any atom is 0.411 e. The predicted molar refractivity (Wildman–Crippen MR) is 74.0 cm³/mol. The van der Waals surface area contributed by atoms with Gasteiger partial charge in [0.05, 0.1) is 10.7 Å². The van der Waals surface area contributed by atoms with Crippen LogP contribution >= 0.6 is 11.3 Å². The zero-order valence-corrected chi connectivity index (χ0v) is 12.8. The summed E-state index contributed by atoms with van der Waals surface area (Å²) in [6.07, 6.45) is -3.32. The predicted octanol–water partition coefficient (Wildman–Crippen LogP) is 3.28. The van der Waals surface area contributed by atoms with Gasteiger partial charge in [-0.25, -0.2) is 4.98 Å². The molecule has 0 radical (unpaired) electrons. The Morgan fingerprint density at radius 1 is 1.35 bits per heavy atom. The first-order chi connectivity index (χ1) is 9.08. The molecular weight excluding hydrogens is 289 g/mol. The highest BCUT2D eigenvalue weighted by Crippen LogP contribution is 2.24. The molecule has 0 amide bonds. The summed E-state index contributed by atoms with van der Waals surface area (Å²) in [5.41, 5.74) is 6.89. The third kappa shape index (κ3) is 6.67. The summed E-state index contributed by atoms with van der Waals surface area (Å²) in [4.78, 5) is 4.51. The third-order valence-corrected chi connectivity index (χ3v) is 3.53. The number of alkyl halides is 3. The summed E-state index contributed by atoms with van der Waals surface area (Å²) in [6.45, 7) is 5.04. The highest BCUT2D eigenvalue weighted by Gasteiger charge is 2.27. The number of ether oxygens (including phenoxy) is 1. The van der Waals surface area contributed by atoms with Gasteiger partial charge in [-0.05, 0) is 6.42 Å². The second-order valence-corrected chi connectivity index (χ2v) is 6.74. The van der Waals surface area contributed by atoms with Gasteiger partial charge in [0.25, 0.3) is 0 Å². The molecule has 0 fully saturated rings. The molecule has 0 aliphatic heterocycles. The molecule has 0 aromatic carbocycles. The fourth-order valence-corrected chi connectivity index (χ4v) is 2.61. The normalized spacial score (nSPS) is 14.6. The number of halogens is 3. The third-order valence-electron chi connectivity index (χ3n) is 2.66. The van der Waals surface area contributed by atoms with Crippen LogP contribution in [0.25, 0.3) is 0 Å². The van der Waals surface area contributed by atoms with Crippen molar-refractivity contribution in [2.45, 2.75) is 51.2 Å². The van der Waals surface area contributed by atoms with E-state index in [-0.39, 0.29) is 18.1 Å². The molecule has 1 aromatic heterocycles. The van der Waals surface area contributed by atoms with Gasteiger partial charge in [0.1, 0.15) is 6.61 Å². The molecule has 20 heavy (non-hydrogen) atoms. The molecule has 1 rings (SSSR count). The Kier molecular flexibility index (Phi) is 5.97. The Hall–Kier alpha value is -0.660. The minimum absolute atomic E-state index is 0.00529. The van der Waals surface area contributed by atoms with Crippen LogP contribution in [-0.4, -0.2) is 30.4 Å². The maximum absolute atomic E-state index is 11.9. The van der Waals surface area contributed by atoms with E-state index in [0.717, 1.165) is 10.7 Å². The Bertz CT molecular complexity index is 412. The minimum atomic E-state index is -4.28. The molecule has 1 heterocycles. The van der Waals surface area contributed by atoms with Crippen molar-refractivity contribution in [3.8, 4) is 0 Å². The number of hydrogen-bond acceptors (Lipinski definition) is 4. The quantitative estimate of drug-likeness (QED) is 0.820. The maximum atomic E-state index is 11.9. The van der Waals surface area contributed by atoms with E-state index >= 15 is 0 Å². The van der Waals surface area contributed by atoms with Crippen LogP contribution in [0.2, 0.25) is 0 Å². The van der Waals surface area contributed by atoms with E-state index in [1.54, 1.807) is 0 Å². The van der Waals surface area contributed by atoms with Crippen molar-refractivity contribution in [3.63, 3.8) is 0 Å². The lowest BCUT2D eigenvalue weighted by Gasteiger charge is -2.14. The van der Waals surface area contributed by atoms with Gasteiger partial charge in [-0.3, -0.25) is 0 Å². The monoisotopic (exact) mass is 310 g/mol. The Balaban J connectivity index is 2.32. The van der Waals surface area contributed by atoms with Crippen molar-refractivity contribution < 1.29 is 17.9 Å². The SMILES string of the molecule is CC(C)(C)c1csc(CC(N)CCOCC(F)(F)F)n1. The lowest BCUT2D eigenvalue weighted by molar-refractivity contribution is -0.174. The average Bonchev–Trinajstić information content (AvgIpc) is 2.71. The standard InChI is InChI=1S/C13H21F3N2OS/c1-12(2,3)10-7-20-11(18-10)6-9(17)4-5-19-8-13(14,15)16/h7,9H,4-6,8,17H2,1-3H3. The van der Waals surface area contributed by atoms with Crippen LogP contribution in [0.1, 0.15) is 37.9 Å². The molecule has 0 saturated heterocycles. The molecule has 7 heteroatoms. The van der Waals surface area contributed by atoms with Crippen LogP contribution in [0.4, 0.5) is 13.2 Å². The molecule has 0 bridgehead atoms. The summed E-state index contributed by atoms with van der Waals surface area (Å²) < 4.78 is 40.2. The van der Waals surface area contributed by atoms with Crippen molar-refractivity contribution in [2.24, 2.45) is 5.73 Å². The zero-order valence-electron chi connectivity index (χ0n) is 12.0. The second kappa shape index (κ2) is 6.87. The minimum Gasteiger partial charge on any atom is -0.372 e. The lowest BCUT2D eigenvalue weighted by atomic mass is 9.93. The van der Waals surface area contributed by atoms with Crippen LogP contribution in [-0.2, 0) is 16.6 Å². The van der Waals surface area contributed by atoms with E-state index in [2.05, 4.69) is 30.5 Å². The smallest absolute Gasteiger partial charge is 0.372 e. The molecule has 116 valence electrons. The second-order valence-electron chi connectivity index (χ2n) is 5.80. The summed E-state index contributed by atoms with van der Waals surface area (Å²) in [7, 11) is 0. The Labute approximate surface area is 121 Å². The molecule has 3 nitrogen and oxygen atoms in total. The number of aromatic nitrogens is 1. The van der Waals surface area contributed by atoms with Gasteiger partial charge in [0, 0.05) is 29.9 Å². The van der Waals surface area contributed by atoms with E-state index < -0.39 is 12.8 Å². The van der Waals surface area contributed by atoms with Gasteiger partial charge >= 0.3 is 6.18 Å². The topological polar surface area (TPSA) is 48.1 Å². The molecule has 1 aromatic rings. The number of thiazole rings is 1. The highest BCUT2D eigenvalue weighted by molar-refractivity contribution is 7.09. The van der Waals surface area contributed by atoms with Crippen molar-refractivity contribution in [3.05, 3.63) is 16.1 Å². The first kappa shape index (κ1) is 17.4. The van der Waals surface area contributed by atoms with Crippen LogP contribution in [0.5, 0.6) is 0 Å². The van der Waals surface area contributed by atoms with Gasteiger partial charge in [0.2, 0.25) is 0 Å². The van der Waals surface area contributed by atoms with Crippen molar-refractivity contribution in [2.75, 3.05) is 13.2 Å². The first-order valence-electron chi connectivity index (χ1n) is 6.43. The molecule has 0 saturated carbocycles. The van der Waals surface area contributed by atoms with E-state index in [9.17, 15) is 13.2 Å². The largest absolute Gasteiger partial charge is 0.411 e. The highest BCUT2D eigenvalue weighted by atomic mass is 32.1. The number of nitrogens with two attached hydrogens (primary N) is 1. The van der Waals surface area contributed by atoms with Gasteiger partial charge < -0.3 is 10.5 Å². The van der Waals surface area contributed by atoms with Crippen LogP contribution in [0.15, 0.2) is 5.38 Å². The van der Waals surface area contributed by atoms with Gasteiger partial charge in [0.15, 0.2) is 0 Å². The molecule has 0 aliphatic rings. The van der Waals surface area contributed by atoms with Crippen molar-refractivity contribution >= 4 is 11.3 Å². The molecule has 0 aliphatic carbocycles. The fourth-order valence-electron chi connectivity index (χ4n) is 1.50. The summed E-state index contributed by atoms with van der Waals surface area (Å²) in [6, 6.07) is -0.234. The molecule has 1 unspecified atom stereocenters. The van der Waals surface area contributed by atoms with Gasteiger partial charge in [-0.15, -0.1) is 11.3 Å². The summed E-state index contributed by atoms with van der Waals surface area (Å²) in [5, 5.41) is 2.92. The van der Waals surface area contributed by atoms with Gasteiger partial charge in [-0.2, -0.15) is 13.2 Å². The van der Waals surface area contributed by atoms with Gasteiger partial charge in [-0.1, -0.05) is 20.8 Å². The van der Waals surface area contributed by atoms with Crippen LogP contribution in [0.3, 0.4) is 0 Å². The summed E-state index contributed by atoms with van der Waals surface area (Å²) in [5.74, 6) is 0. The number of rotatable bonds is 6. The average molecular weight is 310 g/mol. The molecular formula is C13H21F3N2OS. The first-order valence-corrected chi connectivity index (χ1v) is 7.31. The molecule has 0 spiro atoms. The Morgan fingerprint density at radius 3 is 2.50 bits per heavy atom. The zero-order chi connectivity index (χ0) is 15.4. The fraction of sp³-hybridized carbons (Fsp3) is 0.769. The molecule has 1 atom stereocenters. The van der Waals surface area contributed by atoms with E-state index in [1.165, 1.54) is 11.3 Å². The lowest BCUT2D eigenvalue weighted by Crippen LogP contribution is -2.26. The molecule has 2 N–H and O–H groups in total. The number of nitrogens with zero attached hydrogens (tertiary/aromatic N) is 1. The number of hydrogen-bond donors (Lipinski definition) is 1. The van der Waals surface area contributed by atoms with Crippen LogP contribution in [0, 0.1) is 0 Å². The summed E-state index contributed by atoms with van der Waals surface area (Å²) >= 11 is 1.54. The van der Waals surface area contributed by atoms with E-state index in [0.29, 0.717) is 12.8 Å². The van der Waals surface area contributed by atoms with Crippen LogP contribution < -0.4 is 5.73 Å².